The highest BCUT2D eigenvalue weighted by atomic mass is 16.3. The van der Waals surface area contributed by atoms with E-state index in [1.807, 2.05) is 12.1 Å². The summed E-state index contributed by atoms with van der Waals surface area (Å²) in [6.07, 6.45) is 2.98. The van der Waals surface area contributed by atoms with Gasteiger partial charge in [-0.2, -0.15) is 0 Å². The molecule has 0 saturated carbocycles. The van der Waals surface area contributed by atoms with Crippen molar-refractivity contribution in [1.82, 2.24) is 15.1 Å². The molecule has 1 aliphatic rings. The molecule has 0 aromatic carbocycles. The van der Waals surface area contributed by atoms with Crippen molar-refractivity contribution in [2.24, 2.45) is 0 Å². The Balaban J connectivity index is 1.65. The van der Waals surface area contributed by atoms with Crippen LogP contribution in [-0.2, 0) is 6.54 Å². The first-order chi connectivity index (χ1) is 9.70. The zero-order valence-electron chi connectivity index (χ0n) is 13.1. The van der Waals surface area contributed by atoms with Gasteiger partial charge in [0.1, 0.15) is 5.76 Å². The molecular weight excluding hydrogens is 250 g/mol. The zero-order valence-corrected chi connectivity index (χ0v) is 13.1. The Kier molecular flexibility index (Phi) is 6.07. The molecule has 2 rings (SSSR count). The summed E-state index contributed by atoms with van der Waals surface area (Å²) in [5.74, 6) is 1.01. The van der Waals surface area contributed by atoms with Crippen molar-refractivity contribution < 1.29 is 4.42 Å². The minimum absolute atomic E-state index is 0.587. The maximum atomic E-state index is 5.33. The molecule has 2 heterocycles. The van der Waals surface area contributed by atoms with Crippen molar-refractivity contribution in [1.29, 1.82) is 0 Å². The molecule has 2 atom stereocenters. The van der Waals surface area contributed by atoms with Crippen LogP contribution in [0.1, 0.15) is 33.0 Å². The topological polar surface area (TPSA) is 31.6 Å². The van der Waals surface area contributed by atoms with Crippen molar-refractivity contribution in [3.63, 3.8) is 0 Å². The second-order valence-electron chi connectivity index (χ2n) is 5.89. The van der Waals surface area contributed by atoms with E-state index in [0.717, 1.165) is 24.9 Å². The highest BCUT2D eigenvalue weighted by Gasteiger charge is 2.22. The molecule has 4 heteroatoms. The summed E-state index contributed by atoms with van der Waals surface area (Å²) in [5.41, 5.74) is 0. The lowest BCUT2D eigenvalue weighted by molar-refractivity contribution is 0.0769. The number of piperazine rings is 1. The highest BCUT2D eigenvalue weighted by Crippen LogP contribution is 2.11. The Morgan fingerprint density at radius 1 is 1.15 bits per heavy atom. The van der Waals surface area contributed by atoms with Gasteiger partial charge in [-0.3, -0.25) is 9.80 Å². The maximum Gasteiger partial charge on any atom is 0.117 e. The predicted octanol–water partition coefficient (Wildman–Crippen LogP) is 2.17. The highest BCUT2D eigenvalue weighted by molar-refractivity contribution is 4.97. The molecule has 1 fully saturated rings. The Morgan fingerprint density at radius 2 is 1.80 bits per heavy atom. The van der Waals surface area contributed by atoms with Crippen molar-refractivity contribution in [3.8, 4) is 0 Å². The molecule has 20 heavy (non-hydrogen) atoms. The molecule has 4 nitrogen and oxygen atoms in total. The van der Waals surface area contributed by atoms with Crippen LogP contribution >= 0.6 is 0 Å². The Labute approximate surface area is 123 Å². The number of nitrogens with zero attached hydrogens (tertiary/aromatic N) is 2. The van der Waals surface area contributed by atoms with E-state index in [0.29, 0.717) is 6.04 Å². The number of hydrogen-bond donors (Lipinski definition) is 1. The summed E-state index contributed by atoms with van der Waals surface area (Å²) in [4.78, 5) is 5.20. The van der Waals surface area contributed by atoms with E-state index in [1.165, 1.54) is 32.6 Å². The van der Waals surface area contributed by atoms with Gasteiger partial charge < -0.3 is 9.73 Å². The molecule has 0 spiro atoms. The molecule has 1 N–H and O–H groups in total. The second-order valence-corrected chi connectivity index (χ2v) is 5.89. The van der Waals surface area contributed by atoms with Gasteiger partial charge in [-0.15, -0.1) is 0 Å². The molecule has 0 aliphatic carbocycles. The molecule has 0 bridgehead atoms. The summed E-state index contributed by atoms with van der Waals surface area (Å²) in [5, 5.41) is 3.48. The Bertz CT molecular complexity index is 358. The first-order valence-corrected chi connectivity index (χ1v) is 7.92. The fourth-order valence-electron chi connectivity index (χ4n) is 2.82. The summed E-state index contributed by atoms with van der Waals surface area (Å²) < 4.78 is 5.33. The first kappa shape index (κ1) is 15.5. The van der Waals surface area contributed by atoms with Gasteiger partial charge in [-0.25, -0.2) is 0 Å². The van der Waals surface area contributed by atoms with Crippen LogP contribution in [0.15, 0.2) is 22.8 Å². The summed E-state index contributed by atoms with van der Waals surface area (Å²) >= 11 is 0. The number of hydrogen-bond acceptors (Lipinski definition) is 4. The minimum atomic E-state index is 0.587. The van der Waals surface area contributed by atoms with Gasteiger partial charge in [0.25, 0.3) is 0 Å². The number of rotatable bonds is 7. The third-order valence-corrected chi connectivity index (χ3v) is 4.51. The molecule has 2 unspecified atom stereocenters. The van der Waals surface area contributed by atoms with Crippen LogP contribution in [0.5, 0.6) is 0 Å². The quantitative estimate of drug-likeness (QED) is 0.829. The van der Waals surface area contributed by atoms with Crippen molar-refractivity contribution in [2.75, 3.05) is 32.7 Å². The normalized spacial score (nSPS) is 20.9. The molecule has 1 saturated heterocycles. The monoisotopic (exact) mass is 279 g/mol. The van der Waals surface area contributed by atoms with Crippen molar-refractivity contribution >= 4 is 0 Å². The summed E-state index contributed by atoms with van der Waals surface area (Å²) in [6, 6.07) is 5.27. The standard InChI is InChI=1S/C16H29N3O/c1-4-14(2)18-7-9-19(10-8-18)15(3)12-17-13-16-6-5-11-20-16/h5-6,11,14-15,17H,4,7-10,12-13H2,1-3H3. The van der Waals surface area contributed by atoms with Crippen LogP contribution in [0.3, 0.4) is 0 Å². The van der Waals surface area contributed by atoms with E-state index >= 15 is 0 Å². The van der Waals surface area contributed by atoms with E-state index < -0.39 is 0 Å². The Morgan fingerprint density at radius 3 is 2.35 bits per heavy atom. The molecule has 114 valence electrons. The summed E-state index contributed by atoms with van der Waals surface area (Å²) in [6.45, 7) is 13.6. The first-order valence-electron chi connectivity index (χ1n) is 7.92. The fourth-order valence-corrected chi connectivity index (χ4v) is 2.82. The molecule has 1 aromatic rings. The molecule has 0 amide bonds. The maximum absolute atomic E-state index is 5.33. The average molecular weight is 279 g/mol. The van der Waals surface area contributed by atoms with Crippen LogP contribution in [0, 0.1) is 0 Å². The van der Waals surface area contributed by atoms with Crippen LogP contribution in [0.2, 0.25) is 0 Å². The van der Waals surface area contributed by atoms with Crippen LogP contribution in [0.25, 0.3) is 0 Å². The van der Waals surface area contributed by atoms with Gasteiger partial charge in [0.2, 0.25) is 0 Å². The zero-order chi connectivity index (χ0) is 14.4. The van der Waals surface area contributed by atoms with Gasteiger partial charge in [0.05, 0.1) is 12.8 Å². The van der Waals surface area contributed by atoms with E-state index in [4.69, 9.17) is 4.42 Å². The number of furan rings is 1. The summed E-state index contributed by atoms with van der Waals surface area (Å²) in [7, 11) is 0. The smallest absolute Gasteiger partial charge is 0.117 e. The van der Waals surface area contributed by atoms with Gasteiger partial charge in [-0.1, -0.05) is 6.92 Å². The van der Waals surface area contributed by atoms with Crippen LogP contribution < -0.4 is 5.32 Å². The molecule has 1 aromatic heterocycles. The predicted molar refractivity (Wildman–Crippen MR) is 82.8 cm³/mol. The van der Waals surface area contributed by atoms with Crippen molar-refractivity contribution in [3.05, 3.63) is 24.2 Å². The molecular formula is C16H29N3O. The van der Waals surface area contributed by atoms with Crippen LogP contribution in [0.4, 0.5) is 0 Å². The SMILES string of the molecule is CCC(C)N1CCN(C(C)CNCc2ccco2)CC1. The van der Waals surface area contributed by atoms with E-state index in [2.05, 4.69) is 35.9 Å². The second kappa shape index (κ2) is 7.81. The van der Waals surface area contributed by atoms with E-state index in [1.54, 1.807) is 6.26 Å². The van der Waals surface area contributed by atoms with Crippen molar-refractivity contribution in [2.45, 2.75) is 45.8 Å². The van der Waals surface area contributed by atoms with Gasteiger partial charge in [0, 0.05) is 44.8 Å². The third kappa shape index (κ3) is 4.33. The minimum Gasteiger partial charge on any atom is -0.468 e. The lowest BCUT2D eigenvalue weighted by atomic mass is 10.1. The average Bonchev–Trinajstić information content (AvgIpc) is 2.99. The fraction of sp³-hybridized carbons (Fsp3) is 0.750. The molecule has 1 aliphatic heterocycles. The lowest BCUT2D eigenvalue weighted by Crippen LogP contribution is -2.53. The van der Waals surface area contributed by atoms with Gasteiger partial charge in [0.15, 0.2) is 0 Å². The number of nitrogens with one attached hydrogen (secondary N) is 1. The van der Waals surface area contributed by atoms with Gasteiger partial charge in [-0.05, 0) is 32.4 Å². The third-order valence-electron chi connectivity index (χ3n) is 4.51. The lowest BCUT2D eigenvalue weighted by Gasteiger charge is -2.40. The largest absolute Gasteiger partial charge is 0.468 e. The Hall–Kier alpha value is -0.840. The van der Waals surface area contributed by atoms with E-state index in [9.17, 15) is 0 Å². The van der Waals surface area contributed by atoms with Gasteiger partial charge >= 0.3 is 0 Å². The van der Waals surface area contributed by atoms with Crippen LogP contribution in [-0.4, -0.2) is 54.6 Å². The van der Waals surface area contributed by atoms with E-state index in [-0.39, 0.29) is 0 Å². The molecule has 0 radical (unpaired) electrons.